The van der Waals surface area contributed by atoms with Crippen molar-refractivity contribution in [2.45, 2.75) is 158 Å². The van der Waals surface area contributed by atoms with E-state index in [4.69, 9.17) is 14.2 Å². The molecule has 1 aliphatic heterocycles. The molecule has 0 bridgehead atoms. The van der Waals surface area contributed by atoms with Crippen LogP contribution >= 0.6 is 0 Å². The molecule has 3 rings (SSSR count). The van der Waals surface area contributed by atoms with Crippen molar-refractivity contribution in [1.29, 1.82) is 0 Å². The first-order valence-electron chi connectivity index (χ1n) is 18.7. The molecule has 2 aromatic carbocycles. The molecule has 6 heteroatoms. The largest absolute Gasteiger partial charge is 0.487 e. The van der Waals surface area contributed by atoms with E-state index in [0.717, 1.165) is 70.6 Å². The van der Waals surface area contributed by atoms with Gasteiger partial charge in [0.2, 0.25) is 0 Å². The number of fused-ring (bicyclic) bond motifs is 1. The number of benzene rings is 2. The van der Waals surface area contributed by atoms with Crippen LogP contribution in [0.1, 0.15) is 140 Å². The average Bonchev–Trinajstić information content (AvgIpc) is 3.03. The molecule has 0 unspecified atom stereocenters. The van der Waals surface area contributed by atoms with E-state index in [1.54, 1.807) is 0 Å². The molecule has 0 spiro atoms. The van der Waals surface area contributed by atoms with Gasteiger partial charge in [0, 0.05) is 5.56 Å². The average molecular weight is 664 g/mol. The molecule has 1 amide bonds. The van der Waals surface area contributed by atoms with Gasteiger partial charge in [-0.25, -0.2) is 9.59 Å². The first-order valence-corrected chi connectivity index (χ1v) is 18.7. The number of hydrogen-bond acceptors (Lipinski definition) is 5. The molecule has 6 nitrogen and oxygen atoms in total. The number of nitrogens with one attached hydrogen (secondary N) is 1. The molecule has 4 atom stereocenters. The van der Waals surface area contributed by atoms with Gasteiger partial charge in [0.15, 0.2) is 0 Å². The fourth-order valence-electron chi connectivity index (χ4n) is 6.97. The highest BCUT2D eigenvalue weighted by Gasteiger charge is 2.36. The standard InChI is InChI=1S/C42H65NO5/c1-28(2)17-14-18-30(5)19-15-20-31(6)21-16-25-42(10)26-24-36-34(9)38(32(7)33(8)39(36)48-42)47-40(44)37(29(3)4)43-41(45)46-27-35-22-12-11-13-23-35/h11-13,22-23,28-31,37H,14-21,24-27H2,1-10H3,(H,43,45)/t30-,31-,37-,42-/m0/s1. The first kappa shape index (κ1) is 39.4. The Bertz CT molecular complexity index is 1320. The summed E-state index contributed by atoms with van der Waals surface area (Å²) in [5, 5.41) is 2.73. The van der Waals surface area contributed by atoms with Crippen molar-refractivity contribution in [3.05, 3.63) is 58.1 Å². The number of ether oxygens (including phenoxy) is 3. The fourth-order valence-corrected chi connectivity index (χ4v) is 6.97. The Kier molecular flexibility index (Phi) is 15.3. The van der Waals surface area contributed by atoms with Crippen molar-refractivity contribution < 1.29 is 23.8 Å². The number of rotatable bonds is 18. The van der Waals surface area contributed by atoms with Crippen molar-refractivity contribution in [3.63, 3.8) is 0 Å². The molecule has 268 valence electrons. The van der Waals surface area contributed by atoms with Gasteiger partial charge >= 0.3 is 12.1 Å². The third kappa shape index (κ3) is 11.8. The predicted molar refractivity (Wildman–Crippen MR) is 197 cm³/mol. The third-order valence-electron chi connectivity index (χ3n) is 10.4. The van der Waals surface area contributed by atoms with Gasteiger partial charge in [-0.05, 0) is 99.3 Å². The molecule has 48 heavy (non-hydrogen) atoms. The molecule has 0 fully saturated rings. The molecule has 0 saturated carbocycles. The summed E-state index contributed by atoms with van der Waals surface area (Å²) in [6.45, 7) is 21.7. The second-order valence-corrected chi connectivity index (χ2v) is 15.8. The summed E-state index contributed by atoms with van der Waals surface area (Å²) in [6.07, 6.45) is 12.7. The van der Waals surface area contributed by atoms with E-state index < -0.39 is 18.1 Å². The van der Waals surface area contributed by atoms with Crippen LogP contribution in [0.25, 0.3) is 0 Å². The molecule has 0 aliphatic carbocycles. The van der Waals surface area contributed by atoms with E-state index in [2.05, 4.69) is 46.9 Å². The van der Waals surface area contributed by atoms with Crippen molar-refractivity contribution in [1.82, 2.24) is 5.32 Å². The maximum atomic E-state index is 13.5. The molecule has 0 saturated heterocycles. The van der Waals surface area contributed by atoms with Gasteiger partial charge in [-0.2, -0.15) is 0 Å². The van der Waals surface area contributed by atoms with Gasteiger partial charge in [0.25, 0.3) is 0 Å². The van der Waals surface area contributed by atoms with E-state index in [1.807, 2.05) is 58.0 Å². The van der Waals surface area contributed by atoms with Crippen LogP contribution in [0.2, 0.25) is 0 Å². The number of hydrogen-bond donors (Lipinski definition) is 1. The molecule has 1 heterocycles. The molecule has 2 aromatic rings. The second-order valence-electron chi connectivity index (χ2n) is 15.8. The summed E-state index contributed by atoms with van der Waals surface area (Å²) in [6, 6.07) is 8.62. The van der Waals surface area contributed by atoms with Crippen LogP contribution in [-0.2, 0) is 22.6 Å². The highest BCUT2D eigenvalue weighted by atomic mass is 16.6. The van der Waals surface area contributed by atoms with E-state index in [0.29, 0.717) is 5.75 Å². The lowest BCUT2D eigenvalue weighted by atomic mass is 9.83. The molecular weight excluding hydrogens is 598 g/mol. The van der Waals surface area contributed by atoms with E-state index in [-0.39, 0.29) is 18.1 Å². The maximum Gasteiger partial charge on any atom is 0.408 e. The highest BCUT2D eigenvalue weighted by molar-refractivity contribution is 5.84. The first-order chi connectivity index (χ1) is 22.7. The summed E-state index contributed by atoms with van der Waals surface area (Å²) in [5.41, 5.74) is 4.63. The normalized spacial score (nSPS) is 17.8. The Morgan fingerprint density at radius 3 is 2.04 bits per heavy atom. The summed E-state index contributed by atoms with van der Waals surface area (Å²) in [4.78, 5) is 26.1. The maximum absolute atomic E-state index is 13.5. The second kappa shape index (κ2) is 18.7. The number of carbonyl (C=O) groups is 2. The van der Waals surface area contributed by atoms with Crippen molar-refractivity contribution >= 4 is 12.1 Å². The minimum atomic E-state index is -0.844. The number of carbonyl (C=O) groups excluding carboxylic acids is 2. The predicted octanol–water partition coefficient (Wildman–Crippen LogP) is 11.0. The zero-order valence-corrected chi connectivity index (χ0v) is 31.8. The Balaban J connectivity index is 1.55. The Hall–Kier alpha value is -3.02. The van der Waals surface area contributed by atoms with Gasteiger partial charge in [0.05, 0.1) is 0 Å². The van der Waals surface area contributed by atoms with Gasteiger partial charge < -0.3 is 19.5 Å². The SMILES string of the molecule is Cc1c(C)c2c(c(C)c1OC(=O)[C@@H](NC(=O)OCc1ccccc1)C(C)C)CC[C@](C)(CCC[C@@H](C)CCC[C@@H](C)CCCC(C)C)O2. The van der Waals surface area contributed by atoms with Crippen LogP contribution in [0, 0.1) is 44.4 Å². The smallest absolute Gasteiger partial charge is 0.408 e. The van der Waals surface area contributed by atoms with Crippen LogP contribution < -0.4 is 14.8 Å². The highest BCUT2D eigenvalue weighted by Crippen LogP contribution is 2.45. The third-order valence-corrected chi connectivity index (χ3v) is 10.4. The Labute approximate surface area is 292 Å². The Morgan fingerprint density at radius 2 is 1.44 bits per heavy atom. The number of amides is 1. The summed E-state index contributed by atoms with van der Waals surface area (Å²) >= 11 is 0. The van der Waals surface area contributed by atoms with Crippen molar-refractivity contribution in [3.8, 4) is 11.5 Å². The lowest BCUT2D eigenvalue weighted by Gasteiger charge is -2.38. The van der Waals surface area contributed by atoms with Crippen LogP contribution in [0.3, 0.4) is 0 Å². The van der Waals surface area contributed by atoms with E-state index in [1.165, 1.54) is 51.4 Å². The Morgan fingerprint density at radius 1 is 0.833 bits per heavy atom. The summed E-state index contributed by atoms with van der Waals surface area (Å²) < 4.78 is 18.3. The van der Waals surface area contributed by atoms with Crippen molar-refractivity contribution in [2.24, 2.45) is 23.7 Å². The molecule has 0 aromatic heterocycles. The fraction of sp³-hybridized carbons (Fsp3) is 0.667. The van der Waals surface area contributed by atoms with Crippen LogP contribution in [0.4, 0.5) is 4.79 Å². The molecular formula is C42H65NO5. The number of esters is 1. The zero-order valence-electron chi connectivity index (χ0n) is 31.8. The lowest BCUT2D eigenvalue weighted by Crippen LogP contribution is -2.46. The van der Waals surface area contributed by atoms with Gasteiger partial charge in [0.1, 0.15) is 29.7 Å². The van der Waals surface area contributed by atoms with Crippen LogP contribution in [0.5, 0.6) is 11.5 Å². The topological polar surface area (TPSA) is 73.9 Å². The van der Waals surface area contributed by atoms with Crippen LogP contribution in [-0.4, -0.2) is 23.7 Å². The number of alkyl carbamates (subject to hydrolysis) is 1. The van der Waals surface area contributed by atoms with Gasteiger partial charge in [-0.15, -0.1) is 0 Å². The van der Waals surface area contributed by atoms with Gasteiger partial charge in [-0.1, -0.05) is 117 Å². The monoisotopic (exact) mass is 663 g/mol. The summed E-state index contributed by atoms with van der Waals surface area (Å²) in [7, 11) is 0. The van der Waals surface area contributed by atoms with Crippen molar-refractivity contribution in [2.75, 3.05) is 0 Å². The van der Waals surface area contributed by atoms with E-state index in [9.17, 15) is 9.59 Å². The molecule has 0 radical (unpaired) electrons. The zero-order chi connectivity index (χ0) is 35.4. The minimum Gasteiger partial charge on any atom is -0.487 e. The summed E-state index contributed by atoms with van der Waals surface area (Å²) in [5.74, 6) is 3.23. The van der Waals surface area contributed by atoms with Crippen LogP contribution in [0.15, 0.2) is 30.3 Å². The molecule has 1 aliphatic rings. The minimum absolute atomic E-state index is 0.130. The quantitative estimate of drug-likeness (QED) is 0.127. The van der Waals surface area contributed by atoms with E-state index >= 15 is 0 Å². The molecule has 1 N–H and O–H groups in total. The van der Waals surface area contributed by atoms with Gasteiger partial charge in [-0.3, -0.25) is 0 Å². The lowest BCUT2D eigenvalue weighted by molar-refractivity contribution is -0.137.